The third-order valence-electron chi connectivity index (χ3n) is 3.40. The summed E-state index contributed by atoms with van der Waals surface area (Å²) in [4.78, 5) is 24.9. The van der Waals surface area contributed by atoms with E-state index < -0.39 is 0 Å². The van der Waals surface area contributed by atoms with Gasteiger partial charge in [0.25, 0.3) is 11.8 Å². The Labute approximate surface area is 138 Å². The molecule has 1 rings (SSSR count). The summed E-state index contributed by atoms with van der Waals surface area (Å²) >= 11 is 0. The van der Waals surface area contributed by atoms with Crippen LogP contribution in [0.15, 0.2) is 24.3 Å². The highest BCUT2D eigenvalue weighted by atomic mass is 16.5. The first-order chi connectivity index (χ1) is 10.9. The first kappa shape index (κ1) is 19.0. The molecule has 0 aliphatic rings. The molecule has 0 fully saturated rings. The number of likely N-dealkylation sites (N-methyl/N-ethyl adjacent to an activating group) is 1. The average Bonchev–Trinajstić information content (AvgIpc) is 2.53. The van der Waals surface area contributed by atoms with E-state index in [0.717, 1.165) is 16.3 Å². The molecule has 128 valence electrons. The molecule has 0 radical (unpaired) electrons. The Hall–Kier alpha value is -2.08. The third kappa shape index (κ3) is 7.65. The lowest BCUT2D eigenvalue weighted by molar-refractivity contribution is -0.881. The van der Waals surface area contributed by atoms with Crippen molar-refractivity contribution in [2.24, 2.45) is 5.92 Å². The quantitative estimate of drug-likeness (QED) is 0.613. The van der Waals surface area contributed by atoms with E-state index in [-0.39, 0.29) is 18.4 Å². The van der Waals surface area contributed by atoms with E-state index in [1.807, 2.05) is 20.8 Å². The molecule has 23 heavy (non-hydrogen) atoms. The van der Waals surface area contributed by atoms with Crippen LogP contribution in [0.2, 0.25) is 0 Å². The predicted octanol–water partition coefficient (Wildman–Crippen LogP) is 0.311. The molecular formula is C17H28N3O3+. The number of benzene rings is 1. The standard InChI is InChI=1S/C17H27N3O3/c1-5-20(11-16(21)18-10-13(2)3)12-17(22)19-14-6-8-15(23-4)9-7-14/h6-9,13H,5,10-12H2,1-4H3,(H,18,21)(H,19,22)/p+1. The molecular weight excluding hydrogens is 294 g/mol. The Morgan fingerprint density at radius 2 is 1.74 bits per heavy atom. The fourth-order valence-corrected chi connectivity index (χ4v) is 2.03. The molecule has 0 saturated heterocycles. The number of carbonyl (C=O) groups is 2. The van der Waals surface area contributed by atoms with Gasteiger partial charge in [0.05, 0.1) is 13.7 Å². The van der Waals surface area contributed by atoms with Crippen LogP contribution in [0.3, 0.4) is 0 Å². The maximum Gasteiger partial charge on any atom is 0.279 e. The highest BCUT2D eigenvalue weighted by Crippen LogP contribution is 2.14. The molecule has 1 unspecified atom stereocenters. The van der Waals surface area contributed by atoms with Crippen molar-refractivity contribution in [3.63, 3.8) is 0 Å². The van der Waals surface area contributed by atoms with Crippen LogP contribution in [0.5, 0.6) is 5.75 Å². The smallest absolute Gasteiger partial charge is 0.279 e. The molecule has 1 aromatic rings. The van der Waals surface area contributed by atoms with Crippen molar-refractivity contribution < 1.29 is 19.2 Å². The molecule has 0 bridgehead atoms. The monoisotopic (exact) mass is 322 g/mol. The minimum Gasteiger partial charge on any atom is -0.497 e. The van der Waals surface area contributed by atoms with Crippen LogP contribution < -0.4 is 20.3 Å². The van der Waals surface area contributed by atoms with Crippen molar-refractivity contribution in [1.29, 1.82) is 0 Å². The van der Waals surface area contributed by atoms with Crippen LogP contribution >= 0.6 is 0 Å². The highest BCUT2D eigenvalue weighted by molar-refractivity contribution is 5.91. The molecule has 2 amide bonds. The molecule has 0 aliphatic carbocycles. The third-order valence-corrected chi connectivity index (χ3v) is 3.40. The minimum atomic E-state index is -0.108. The molecule has 0 aromatic heterocycles. The van der Waals surface area contributed by atoms with Gasteiger partial charge in [-0.25, -0.2) is 0 Å². The summed E-state index contributed by atoms with van der Waals surface area (Å²) in [6.45, 7) is 8.00. The molecule has 0 heterocycles. The summed E-state index contributed by atoms with van der Waals surface area (Å²) in [7, 11) is 1.60. The zero-order chi connectivity index (χ0) is 17.2. The Bertz CT molecular complexity index is 500. The van der Waals surface area contributed by atoms with E-state index in [4.69, 9.17) is 4.74 Å². The number of hydrogen-bond acceptors (Lipinski definition) is 3. The van der Waals surface area contributed by atoms with Gasteiger partial charge in [-0.15, -0.1) is 0 Å². The molecule has 0 spiro atoms. The highest BCUT2D eigenvalue weighted by Gasteiger charge is 2.16. The number of nitrogens with one attached hydrogen (secondary N) is 3. The van der Waals surface area contributed by atoms with Crippen LogP contribution in [-0.4, -0.2) is 45.1 Å². The van der Waals surface area contributed by atoms with Crippen LogP contribution in [0, 0.1) is 5.92 Å². The zero-order valence-corrected chi connectivity index (χ0v) is 14.4. The van der Waals surface area contributed by atoms with Gasteiger partial charge in [-0.05, 0) is 37.1 Å². The molecule has 0 aliphatic heterocycles. The first-order valence-corrected chi connectivity index (χ1v) is 7.98. The topological polar surface area (TPSA) is 71.9 Å². The van der Waals surface area contributed by atoms with Gasteiger partial charge in [0, 0.05) is 12.2 Å². The number of carbonyl (C=O) groups excluding carboxylic acids is 2. The summed E-state index contributed by atoms with van der Waals surface area (Å²) in [6.07, 6.45) is 0. The predicted molar refractivity (Wildman–Crippen MR) is 90.7 cm³/mol. The molecule has 1 atom stereocenters. The number of ether oxygens (including phenoxy) is 1. The molecule has 1 aromatic carbocycles. The van der Waals surface area contributed by atoms with Gasteiger partial charge in [0.1, 0.15) is 5.75 Å². The van der Waals surface area contributed by atoms with Crippen molar-refractivity contribution in [2.45, 2.75) is 20.8 Å². The van der Waals surface area contributed by atoms with Gasteiger partial charge in [0.2, 0.25) is 0 Å². The number of methoxy groups -OCH3 is 1. The second-order valence-electron chi connectivity index (χ2n) is 5.93. The molecule has 6 heteroatoms. The lowest BCUT2D eigenvalue weighted by Gasteiger charge is -2.17. The number of anilines is 1. The summed E-state index contributed by atoms with van der Waals surface area (Å²) in [5.41, 5.74) is 0.718. The van der Waals surface area contributed by atoms with Gasteiger partial charge in [-0.1, -0.05) is 13.8 Å². The summed E-state index contributed by atoms with van der Waals surface area (Å²) in [6, 6.07) is 7.16. The second kappa shape index (κ2) is 9.84. The van der Waals surface area contributed by atoms with Gasteiger partial charge in [0.15, 0.2) is 13.1 Å². The number of hydrogen-bond donors (Lipinski definition) is 3. The number of quaternary nitrogens is 1. The number of rotatable bonds is 9. The Balaban J connectivity index is 2.44. The average molecular weight is 322 g/mol. The van der Waals surface area contributed by atoms with E-state index in [2.05, 4.69) is 10.6 Å². The van der Waals surface area contributed by atoms with Crippen molar-refractivity contribution in [3.05, 3.63) is 24.3 Å². The maximum atomic E-state index is 12.1. The normalized spacial score (nSPS) is 11.9. The fourth-order valence-electron chi connectivity index (χ4n) is 2.03. The zero-order valence-electron chi connectivity index (χ0n) is 14.4. The SMILES string of the molecule is CC[NH+](CC(=O)NCC(C)C)CC(=O)Nc1ccc(OC)cc1. The van der Waals surface area contributed by atoms with Gasteiger partial charge >= 0.3 is 0 Å². The van der Waals surface area contributed by atoms with Crippen molar-refractivity contribution in [1.82, 2.24) is 5.32 Å². The Morgan fingerprint density at radius 3 is 2.26 bits per heavy atom. The lowest BCUT2D eigenvalue weighted by Crippen LogP contribution is -3.14. The van der Waals surface area contributed by atoms with E-state index in [1.165, 1.54) is 0 Å². The second-order valence-corrected chi connectivity index (χ2v) is 5.93. The molecule has 3 N–H and O–H groups in total. The van der Waals surface area contributed by atoms with Crippen molar-refractivity contribution in [2.75, 3.05) is 38.6 Å². The fraction of sp³-hybridized carbons (Fsp3) is 0.529. The largest absolute Gasteiger partial charge is 0.497 e. The van der Waals surface area contributed by atoms with Crippen LogP contribution in [-0.2, 0) is 9.59 Å². The molecule has 0 saturated carbocycles. The maximum absolute atomic E-state index is 12.1. The van der Waals surface area contributed by atoms with Crippen LogP contribution in [0.1, 0.15) is 20.8 Å². The van der Waals surface area contributed by atoms with Crippen LogP contribution in [0.4, 0.5) is 5.69 Å². The molecule has 6 nitrogen and oxygen atoms in total. The number of amides is 2. The van der Waals surface area contributed by atoms with E-state index in [9.17, 15) is 9.59 Å². The van der Waals surface area contributed by atoms with Crippen molar-refractivity contribution >= 4 is 17.5 Å². The minimum absolute atomic E-state index is 0.0206. The van der Waals surface area contributed by atoms with Gasteiger partial charge < -0.3 is 20.3 Å². The summed E-state index contributed by atoms with van der Waals surface area (Å²) < 4.78 is 5.08. The Morgan fingerprint density at radius 1 is 1.13 bits per heavy atom. The van der Waals surface area contributed by atoms with Gasteiger partial charge in [-0.2, -0.15) is 0 Å². The van der Waals surface area contributed by atoms with E-state index in [1.54, 1.807) is 31.4 Å². The van der Waals surface area contributed by atoms with Gasteiger partial charge in [-0.3, -0.25) is 9.59 Å². The first-order valence-electron chi connectivity index (χ1n) is 7.98. The summed E-state index contributed by atoms with van der Waals surface area (Å²) in [5, 5.41) is 5.71. The van der Waals surface area contributed by atoms with E-state index >= 15 is 0 Å². The lowest BCUT2D eigenvalue weighted by atomic mass is 10.2. The summed E-state index contributed by atoms with van der Waals surface area (Å²) in [5.74, 6) is 1.03. The van der Waals surface area contributed by atoms with E-state index in [0.29, 0.717) is 25.6 Å². The Kier molecular flexibility index (Phi) is 8.11. The van der Waals surface area contributed by atoms with Crippen LogP contribution in [0.25, 0.3) is 0 Å². The van der Waals surface area contributed by atoms with Crippen molar-refractivity contribution in [3.8, 4) is 5.75 Å².